The Morgan fingerprint density at radius 3 is 2.77 bits per heavy atom. The topological polar surface area (TPSA) is 132 Å². The second-order valence-corrected chi connectivity index (χ2v) is 8.46. The average Bonchev–Trinajstić information content (AvgIpc) is 3.22. The maximum atomic E-state index is 14.6. The Bertz CT molecular complexity index is 1480. The first-order chi connectivity index (χ1) is 16.7. The first-order valence-corrected chi connectivity index (χ1v) is 11.0. The molecule has 3 N–H and O–H groups in total. The molecule has 0 saturated heterocycles. The molecule has 182 valence electrons. The van der Waals surface area contributed by atoms with Gasteiger partial charge in [0.05, 0.1) is 36.1 Å². The highest BCUT2D eigenvalue weighted by Gasteiger charge is 2.45. The lowest BCUT2D eigenvalue weighted by Crippen LogP contribution is -2.44. The number of ether oxygens (including phenoxy) is 2. The van der Waals surface area contributed by atoms with Gasteiger partial charge in [-0.25, -0.2) is 19.0 Å². The van der Waals surface area contributed by atoms with Gasteiger partial charge < -0.3 is 29.8 Å². The van der Waals surface area contributed by atoms with E-state index in [2.05, 4.69) is 15.6 Å². The first kappa shape index (κ1) is 22.8. The van der Waals surface area contributed by atoms with Crippen LogP contribution in [0.4, 0.5) is 9.18 Å². The SMILES string of the molecule is CC[C@@]1(O)C(=O)OCc2c1cc1n(c2=O)Cc2c-1nc1cc(F)c(OC)cc1c2CNC(=O)NC. The Kier molecular flexibility index (Phi) is 5.24. The minimum absolute atomic E-state index is 0.0199. The largest absolute Gasteiger partial charge is 0.494 e. The summed E-state index contributed by atoms with van der Waals surface area (Å²) >= 11 is 0. The van der Waals surface area contributed by atoms with Crippen LogP contribution in [-0.2, 0) is 34.8 Å². The van der Waals surface area contributed by atoms with Crippen LogP contribution in [0.2, 0.25) is 0 Å². The van der Waals surface area contributed by atoms with Crippen LogP contribution >= 0.6 is 0 Å². The van der Waals surface area contributed by atoms with Gasteiger partial charge in [0, 0.05) is 36.2 Å². The normalized spacial score (nSPS) is 17.9. The molecule has 5 rings (SSSR count). The van der Waals surface area contributed by atoms with Crippen molar-refractivity contribution in [3.8, 4) is 17.1 Å². The van der Waals surface area contributed by atoms with Gasteiger partial charge in [0.1, 0.15) is 6.61 Å². The number of urea groups is 1. The van der Waals surface area contributed by atoms with Crippen LogP contribution in [0.25, 0.3) is 22.3 Å². The van der Waals surface area contributed by atoms with Crippen molar-refractivity contribution in [2.45, 2.75) is 38.6 Å². The van der Waals surface area contributed by atoms with Crippen molar-refractivity contribution < 1.29 is 28.6 Å². The molecule has 0 aliphatic carbocycles. The zero-order chi connectivity index (χ0) is 25.1. The highest BCUT2D eigenvalue weighted by molar-refractivity contribution is 5.90. The number of hydrogen-bond donors (Lipinski definition) is 3. The highest BCUT2D eigenvalue weighted by Crippen LogP contribution is 2.41. The Labute approximate surface area is 198 Å². The molecular formula is C24H23FN4O6. The van der Waals surface area contributed by atoms with Crippen molar-refractivity contribution in [3.63, 3.8) is 0 Å². The second-order valence-electron chi connectivity index (χ2n) is 8.46. The Balaban J connectivity index is 1.78. The van der Waals surface area contributed by atoms with Gasteiger partial charge in [-0.05, 0) is 24.1 Å². The zero-order valence-corrected chi connectivity index (χ0v) is 19.3. The summed E-state index contributed by atoms with van der Waals surface area (Å²) in [7, 11) is 2.84. The van der Waals surface area contributed by atoms with Gasteiger partial charge in [-0.3, -0.25) is 4.79 Å². The number of aromatic nitrogens is 2. The van der Waals surface area contributed by atoms with E-state index in [0.717, 1.165) is 0 Å². The van der Waals surface area contributed by atoms with Crippen LogP contribution in [0.15, 0.2) is 23.0 Å². The number of cyclic esters (lactones) is 1. The number of nitrogens with zero attached hydrogens (tertiary/aromatic N) is 2. The Hall–Kier alpha value is -3.99. The van der Waals surface area contributed by atoms with Gasteiger partial charge in [-0.1, -0.05) is 6.92 Å². The summed E-state index contributed by atoms with van der Waals surface area (Å²) in [5.41, 5.74) is 0.442. The van der Waals surface area contributed by atoms with Crippen molar-refractivity contribution in [2.24, 2.45) is 0 Å². The zero-order valence-electron chi connectivity index (χ0n) is 19.3. The predicted molar refractivity (Wildman–Crippen MR) is 122 cm³/mol. The maximum Gasteiger partial charge on any atom is 0.343 e. The number of amides is 2. The third-order valence-corrected chi connectivity index (χ3v) is 6.73. The molecule has 10 nitrogen and oxygen atoms in total. The van der Waals surface area contributed by atoms with E-state index in [1.807, 2.05) is 0 Å². The molecule has 0 fully saturated rings. The van der Waals surface area contributed by atoms with E-state index in [4.69, 9.17) is 9.47 Å². The molecule has 0 spiro atoms. The van der Waals surface area contributed by atoms with Gasteiger partial charge in [0.25, 0.3) is 5.56 Å². The van der Waals surface area contributed by atoms with Crippen molar-refractivity contribution in [1.29, 1.82) is 0 Å². The molecule has 0 unspecified atom stereocenters. The molecule has 1 aromatic carbocycles. The number of carbonyl (C=O) groups is 2. The maximum absolute atomic E-state index is 14.6. The molecule has 4 heterocycles. The fourth-order valence-electron chi connectivity index (χ4n) is 4.78. The molecule has 2 amide bonds. The number of rotatable bonds is 4. The van der Waals surface area contributed by atoms with Crippen LogP contribution in [0.1, 0.15) is 35.6 Å². The molecule has 2 aliphatic rings. The van der Waals surface area contributed by atoms with Crippen molar-refractivity contribution in [3.05, 3.63) is 56.6 Å². The number of benzene rings is 1. The Morgan fingerprint density at radius 2 is 2.09 bits per heavy atom. The molecular weight excluding hydrogens is 459 g/mol. The van der Waals surface area contributed by atoms with E-state index in [9.17, 15) is 23.9 Å². The third kappa shape index (κ3) is 3.26. The minimum Gasteiger partial charge on any atom is -0.494 e. The number of methoxy groups -OCH3 is 1. The van der Waals surface area contributed by atoms with Crippen molar-refractivity contribution in [1.82, 2.24) is 20.2 Å². The molecule has 0 radical (unpaired) electrons. The summed E-state index contributed by atoms with van der Waals surface area (Å²) in [4.78, 5) is 42.4. The number of esters is 1. The van der Waals surface area contributed by atoms with Crippen LogP contribution in [0.3, 0.4) is 0 Å². The number of carbonyl (C=O) groups excluding carboxylic acids is 2. The molecule has 0 saturated carbocycles. The lowest BCUT2D eigenvalue weighted by atomic mass is 9.86. The molecule has 1 atom stereocenters. The molecule has 2 aromatic heterocycles. The average molecular weight is 482 g/mol. The fourth-order valence-corrected chi connectivity index (χ4v) is 4.78. The number of aliphatic hydroxyl groups is 1. The van der Waals surface area contributed by atoms with E-state index >= 15 is 0 Å². The van der Waals surface area contributed by atoms with Crippen molar-refractivity contribution >= 4 is 22.9 Å². The van der Waals surface area contributed by atoms with Gasteiger partial charge in [0.15, 0.2) is 17.2 Å². The van der Waals surface area contributed by atoms with E-state index < -0.39 is 29.0 Å². The number of fused-ring (bicyclic) bond motifs is 5. The third-order valence-electron chi connectivity index (χ3n) is 6.73. The molecule has 11 heteroatoms. The van der Waals surface area contributed by atoms with Gasteiger partial charge in [0.2, 0.25) is 0 Å². The smallest absolute Gasteiger partial charge is 0.343 e. The van der Waals surface area contributed by atoms with Crippen LogP contribution in [-0.4, -0.2) is 40.8 Å². The number of pyridine rings is 2. The Morgan fingerprint density at radius 1 is 1.31 bits per heavy atom. The number of halogens is 1. The summed E-state index contributed by atoms with van der Waals surface area (Å²) in [6, 6.07) is 3.92. The summed E-state index contributed by atoms with van der Waals surface area (Å²) in [6.07, 6.45) is 0.0199. The predicted octanol–water partition coefficient (Wildman–Crippen LogP) is 1.66. The van der Waals surface area contributed by atoms with E-state index in [-0.39, 0.29) is 43.0 Å². The summed E-state index contributed by atoms with van der Waals surface area (Å²) in [5.74, 6) is -1.40. The number of hydrogen-bond acceptors (Lipinski definition) is 7. The summed E-state index contributed by atoms with van der Waals surface area (Å²) in [6.45, 7) is 1.61. The van der Waals surface area contributed by atoms with E-state index in [0.29, 0.717) is 33.4 Å². The minimum atomic E-state index is -1.95. The van der Waals surface area contributed by atoms with E-state index in [1.165, 1.54) is 30.9 Å². The van der Waals surface area contributed by atoms with Gasteiger partial charge >= 0.3 is 12.0 Å². The molecule has 3 aromatic rings. The molecule has 35 heavy (non-hydrogen) atoms. The van der Waals surface area contributed by atoms with E-state index in [1.54, 1.807) is 13.0 Å². The first-order valence-electron chi connectivity index (χ1n) is 11.0. The standard InChI is InChI=1S/C24H23FN4O6/c1-4-24(33)15-6-18-20-13(9-29(18)21(30)14(15)10-35-22(24)31)12(8-27-23(32)26-2)11-5-19(34-3)16(25)7-17(11)28-20/h5-7,33H,4,8-10H2,1-3H3,(H2,26,27,32)/t24-/m0/s1. The summed E-state index contributed by atoms with van der Waals surface area (Å²) in [5, 5.41) is 16.8. The van der Waals surface area contributed by atoms with Crippen LogP contribution in [0, 0.1) is 5.82 Å². The van der Waals surface area contributed by atoms with Crippen molar-refractivity contribution in [2.75, 3.05) is 14.2 Å². The monoisotopic (exact) mass is 482 g/mol. The van der Waals surface area contributed by atoms with Gasteiger partial charge in [-0.15, -0.1) is 0 Å². The summed E-state index contributed by atoms with van der Waals surface area (Å²) < 4.78 is 26.3. The quantitative estimate of drug-likeness (QED) is 0.377. The second kappa shape index (κ2) is 8.05. The number of nitrogens with one attached hydrogen (secondary N) is 2. The molecule has 0 bridgehead atoms. The fraction of sp³-hybridized carbons (Fsp3) is 0.333. The molecule has 2 aliphatic heterocycles. The lowest BCUT2D eigenvalue weighted by molar-refractivity contribution is -0.172. The highest BCUT2D eigenvalue weighted by atomic mass is 19.1. The lowest BCUT2D eigenvalue weighted by Gasteiger charge is -2.31. The van der Waals surface area contributed by atoms with Crippen LogP contribution in [0.5, 0.6) is 5.75 Å². The van der Waals surface area contributed by atoms with Crippen LogP contribution < -0.4 is 20.9 Å². The van der Waals surface area contributed by atoms with Gasteiger partial charge in [-0.2, -0.15) is 0 Å².